The Morgan fingerprint density at radius 2 is 2.27 bits per heavy atom. The zero-order chi connectivity index (χ0) is 8.27. The fourth-order valence-electron chi connectivity index (χ4n) is 1.60. The molecule has 0 aromatic rings. The minimum absolute atomic E-state index is 0.640. The lowest BCUT2D eigenvalue weighted by molar-refractivity contribution is 0.383. The average Bonchev–Trinajstić information content (AvgIpc) is 2.31. The summed E-state index contributed by atoms with van der Waals surface area (Å²) >= 11 is 0. The predicted octanol–water partition coefficient (Wildman–Crippen LogP) is 0.936. The van der Waals surface area contributed by atoms with Gasteiger partial charge in [0.2, 0.25) is 0 Å². The van der Waals surface area contributed by atoms with Gasteiger partial charge in [-0.2, -0.15) is 0 Å². The Hall–Kier alpha value is -0.0800. The van der Waals surface area contributed by atoms with Crippen molar-refractivity contribution in [2.24, 2.45) is 5.92 Å². The van der Waals surface area contributed by atoms with Gasteiger partial charge in [-0.25, -0.2) is 0 Å². The molecule has 1 N–H and O–H groups in total. The Morgan fingerprint density at radius 1 is 1.55 bits per heavy atom. The van der Waals surface area contributed by atoms with Crippen LogP contribution in [-0.4, -0.2) is 37.6 Å². The van der Waals surface area contributed by atoms with Gasteiger partial charge in [-0.15, -0.1) is 0 Å². The third-order valence-corrected chi connectivity index (χ3v) is 2.30. The SMILES string of the molecule is CC(C)NC[C@H]1CCN(C)C1. The van der Waals surface area contributed by atoms with E-state index in [0.29, 0.717) is 6.04 Å². The van der Waals surface area contributed by atoms with Gasteiger partial charge in [-0.05, 0) is 32.5 Å². The molecule has 0 bridgehead atoms. The third-order valence-electron chi connectivity index (χ3n) is 2.30. The van der Waals surface area contributed by atoms with Gasteiger partial charge in [0.1, 0.15) is 0 Å². The summed E-state index contributed by atoms with van der Waals surface area (Å²) in [6, 6.07) is 0.640. The molecule has 0 aliphatic carbocycles. The summed E-state index contributed by atoms with van der Waals surface area (Å²) in [6.45, 7) is 8.17. The summed E-state index contributed by atoms with van der Waals surface area (Å²) in [5, 5.41) is 3.48. The first-order valence-corrected chi connectivity index (χ1v) is 4.60. The van der Waals surface area contributed by atoms with Crippen LogP contribution in [0.4, 0.5) is 0 Å². The first-order chi connectivity index (χ1) is 5.18. The van der Waals surface area contributed by atoms with E-state index in [4.69, 9.17) is 0 Å². The first kappa shape index (κ1) is 9.01. The van der Waals surface area contributed by atoms with Gasteiger partial charge in [0, 0.05) is 12.6 Å². The van der Waals surface area contributed by atoms with Crippen LogP contribution in [0.15, 0.2) is 0 Å². The van der Waals surface area contributed by atoms with Gasteiger partial charge < -0.3 is 10.2 Å². The van der Waals surface area contributed by atoms with Crippen molar-refractivity contribution in [1.29, 1.82) is 0 Å². The highest BCUT2D eigenvalue weighted by atomic mass is 15.1. The lowest BCUT2D eigenvalue weighted by Crippen LogP contribution is -2.30. The molecule has 0 saturated carbocycles. The number of rotatable bonds is 3. The van der Waals surface area contributed by atoms with Crippen molar-refractivity contribution in [3.05, 3.63) is 0 Å². The lowest BCUT2D eigenvalue weighted by atomic mass is 10.1. The highest BCUT2D eigenvalue weighted by Crippen LogP contribution is 2.12. The topological polar surface area (TPSA) is 15.3 Å². The van der Waals surface area contributed by atoms with Crippen LogP contribution < -0.4 is 5.32 Å². The molecule has 1 aliphatic heterocycles. The Bertz CT molecular complexity index is 112. The molecule has 1 heterocycles. The van der Waals surface area contributed by atoms with E-state index in [9.17, 15) is 0 Å². The molecule has 1 atom stereocenters. The van der Waals surface area contributed by atoms with Crippen LogP contribution in [0.2, 0.25) is 0 Å². The van der Waals surface area contributed by atoms with Crippen molar-refractivity contribution in [3.8, 4) is 0 Å². The molecule has 1 aliphatic rings. The highest BCUT2D eigenvalue weighted by Gasteiger charge is 2.18. The summed E-state index contributed by atoms with van der Waals surface area (Å²) in [5.41, 5.74) is 0. The van der Waals surface area contributed by atoms with Crippen LogP contribution >= 0.6 is 0 Å². The minimum atomic E-state index is 0.640. The summed E-state index contributed by atoms with van der Waals surface area (Å²) < 4.78 is 0. The number of hydrogen-bond acceptors (Lipinski definition) is 2. The van der Waals surface area contributed by atoms with E-state index in [1.165, 1.54) is 26.1 Å². The van der Waals surface area contributed by atoms with Gasteiger partial charge in [-0.1, -0.05) is 13.8 Å². The van der Waals surface area contributed by atoms with Crippen LogP contribution in [0.25, 0.3) is 0 Å². The highest BCUT2D eigenvalue weighted by molar-refractivity contribution is 4.75. The molecule has 0 radical (unpaired) electrons. The van der Waals surface area contributed by atoms with Crippen molar-refractivity contribution >= 4 is 0 Å². The van der Waals surface area contributed by atoms with E-state index >= 15 is 0 Å². The smallest absolute Gasteiger partial charge is 0.00192 e. The molecule has 1 saturated heterocycles. The maximum Gasteiger partial charge on any atom is 0.00192 e. The second-order valence-corrected chi connectivity index (χ2v) is 3.98. The van der Waals surface area contributed by atoms with Gasteiger partial charge in [-0.3, -0.25) is 0 Å². The molecule has 0 unspecified atom stereocenters. The third kappa shape index (κ3) is 3.21. The van der Waals surface area contributed by atoms with Crippen LogP contribution in [0.3, 0.4) is 0 Å². The largest absolute Gasteiger partial charge is 0.314 e. The van der Waals surface area contributed by atoms with Crippen molar-refractivity contribution in [2.75, 3.05) is 26.7 Å². The maximum absolute atomic E-state index is 3.48. The fourth-order valence-corrected chi connectivity index (χ4v) is 1.60. The second-order valence-electron chi connectivity index (χ2n) is 3.98. The van der Waals surface area contributed by atoms with Crippen LogP contribution in [-0.2, 0) is 0 Å². The van der Waals surface area contributed by atoms with E-state index in [-0.39, 0.29) is 0 Å². The Labute approximate surface area is 70.0 Å². The van der Waals surface area contributed by atoms with Crippen LogP contribution in [0.5, 0.6) is 0 Å². The van der Waals surface area contributed by atoms with E-state index in [0.717, 1.165) is 5.92 Å². The van der Waals surface area contributed by atoms with Gasteiger partial charge >= 0.3 is 0 Å². The molecule has 66 valence electrons. The summed E-state index contributed by atoms with van der Waals surface area (Å²) in [7, 11) is 2.20. The number of nitrogens with one attached hydrogen (secondary N) is 1. The lowest BCUT2D eigenvalue weighted by Gasteiger charge is -2.13. The fraction of sp³-hybridized carbons (Fsp3) is 1.00. The van der Waals surface area contributed by atoms with Crippen molar-refractivity contribution in [2.45, 2.75) is 26.3 Å². The first-order valence-electron chi connectivity index (χ1n) is 4.60. The Balaban J connectivity index is 2.08. The van der Waals surface area contributed by atoms with Gasteiger partial charge in [0.05, 0.1) is 0 Å². The maximum atomic E-state index is 3.48. The van der Waals surface area contributed by atoms with Gasteiger partial charge in [0.15, 0.2) is 0 Å². The Morgan fingerprint density at radius 3 is 2.73 bits per heavy atom. The van der Waals surface area contributed by atoms with Crippen LogP contribution in [0.1, 0.15) is 20.3 Å². The number of likely N-dealkylation sites (tertiary alicyclic amines) is 1. The second kappa shape index (κ2) is 4.07. The van der Waals surface area contributed by atoms with E-state index in [1.807, 2.05) is 0 Å². The van der Waals surface area contributed by atoms with Gasteiger partial charge in [0.25, 0.3) is 0 Å². The zero-order valence-electron chi connectivity index (χ0n) is 7.93. The molecule has 0 spiro atoms. The summed E-state index contributed by atoms with van der Waals surface area (Å²) in [4.78, 5) is 2.41. The molecule has 11 heavy (non-hydrogen) atoms. The van der Waals surface area contributed by atoms with E-state index in [1.54, 1.807) is 0 Å². The van der Waals surface area contributed by atoms with E-state index in [2.05, 4.69) is 31.1 Å². The molecule has 0 aromatic carbocycles. The molecule has 0 amide bonds. The van der Waals surface area contributed by atoms with Crippen molar-refractivity contribution < 1.29 is 0 Å². The van der Waals surface area contributed by atoms with Crippen LogP contribution in [0, 0.1) is 5.92 Å². The van der Waals surface area contributed by atoms with Crippen molar-refractivity contribution in [1.82, 2.24) is 10.2 Å². The average molecular weight is 156 g/mol. The quantitative estimate of drug-likeness (QED) is 0.654. The molecular formula is C9H20N2. The molecule has 2 nitrogen and oxygen atoms in total. The monoisotopic (exact) mass is 156 g/mol. The normalized spacial score (nSPS) is 26.7. The van der Waals surface area contributed by atoms with Crippen molar-refractivity contribution in [3.63, 3.8) is 0 Å². The Kier molecular flexibility index (Phi) is 3.34. The molecule has 1 fully saturated rings. The number of hydrogen-bond donors (Lipinski definition) is 1. The molecule has 1 rings (SSSR count). The molecular weight excluding hydrogens is 136 g/mol. The number of nitrogens with zero attached hydrogens (tertiary/aromatic N) is 1. The standard InChI is InChI=1S/C9H20N2/c1-8(2)10-6-9-4-5-11(3)7-9/h8-10H,4-7H2,1-3H3/t9-/m1/s1. The molecule has 2 heteroatoms. The summed E-state index contributed by atoms with van der Waals surface area (Å²) in [5.74, 6) is 0.891. The predicted molar refractivity (Wildman–Crippen MR) is 48.7 cm³/mol. The summed E-state index contributed by atoms with van der Waals surface area (Å²) in [6.07, 6.45) is 1.37. The molecule has 0 aromatic heterocycles. The zero-order valence-corrected chi connectivity index (χ0v) is 7.93. The minimum Gasteiger partial charge on any atom is -0.314 e. The van der Waals surface area contributed by atoms with E-state index < -0.39 is 0 Å².